The normalized spacial score (nSPS) is 15.1. The summed E-state index contributed by atoms with van der Waals surface area (Å²) >= 11 is 1.32. The lowest BCUT2D eigenvalue weighted by atomic mass is 10.1. The van der Waals surface area contributed by atoms with Gasteiger partial charge in [-0.15, -0.1) is 0 Å². The second kappa shape index (κ2) is 9.00. The fourth-order valence-electron chi connectivity index (χ4n) is 4.05. The van der Waals surface area contributed by atoms with Crippen molar-refractivity contribution < 1.29 is 22.6 Å². The van der Waals surface area contributed by atoms with Crippen molar-refractivity contribution in [3.05, 3.63) is 42.2 Å². The standard InChI is InChI=1S/C23H23F3N6O2S/c1-30-6-8-31(9-7-30)20-16(23(24,25)26)10-15(12-27-20)17-13-28-22-32(17)29-21(35-22)14-4-5-18(33-2)19(11-14)34-3/h4-5,10-13H,6-9H2,1-3H3. The molecule has 0 spiro atoms. The Morgan fingerprint density at radius 1 is 0.914 bits per heavy atom. The summed E-state index contributed by atoms with van der Waals surface area (Å²) in [5.74, 6) is 1.10. The number of nitrogens with zero attached hydrogens (tertiary/aromatic N) is 6. The number of ether oxygens (including phenoxy) is 2. The molecule has 184 valence electrons. The van der Waals surface area contributed by atoms with Gasteiger partial charge >= 0.3 is 6.18 Å². The Morgan fingerprint density at radius 2 is 1.66 bits per heavy atom. The Balaban J connectivity index is 1.54. The number of anilines is 1. The lowest BCUT2D eigenvalue weighted by Crippen LogP contribution is -2.45. The molecule has 0 aliphatic carbocycles. The third kappa shape index (κ3) is 4.39. The second-order valence-corrected chi connectivity index (χ2v) is 9.15. The van der Waals surface area contributed by atoms with Crippen molar-refractivity contribution in [2.45, 2.75) is 6.18 Å². The summed E-state index contributed by atoms with van der Waals surface area (Å²) in [5, 5.41) is 5.26. The fourth-order valence-corrected chi connectivity index (χ4v) is 4.92. The monoisotopic (exact) mass is 504 g/mol. The summed E-state index contributed by atoms with van der Waals surface area (Å²) in [6.07, 6.45) is -1.57. The number of likely N-dealkylation sites (N-methyl/N-ethyl adjacent to an activating group) is 1. The molecule has 0 N–H and O–H groups in total. The van der Waals surface area contributed by atoms with Gasteiger partial charge in [-0.05, 0) is 31.3 Å². The molecule has 0 bridgehead atoms. The number of alkyl halides is 3. The molecule has 1 saturated heterocycles. The van der Waals surface area contributed by atoms with Crippen LogP contribution in [0.1, 0.15) is 5.56 Å². The maximum Gasteiger partial charge on any atom is 0.419 e. The minimum Gasteiger partial charge on any atom is -0.493 e. The van der Waals surface area contributed by atoms with Gasteiger partial charge in [-0.25, -0.2) is 14.5 Å². The van der Waals surface area contributed by atoms with Gasteiger partial charge < -0.3 is 19.3 Å². The molecule has 1 fully saturated rings. The van der Waals surface area contributed by atoms with Gasteiger partial charge in [-0.2, -0.15) is 18.3 Å². The van der Waals surface area contributed by atoms with Gasteiger partial charge in [-0.1, -0.05) is 11.3 Å². The van der Waals surface area contributed by atoms with Crippen molar-refractivity contribution in [3.63, 3.8) is 0 Å². The lowest BCUT2D eigenvalue weighted by Gasteiger charge is -2.34. The summed E-state index contributed by atoms with van der Waals surface area (Å²) in [4.78, 5) is 13.0. The molecule has 4 aromatic rings. The molecule has 1 aromatic carbocycles. The summed E-state index contributed by atoms with van der Waals surface area (Å²) in [6.45, 7) is 2.34. The van der Waals surface area contributed by atoms with E-state index >= 15 is 0 Å². The van der Waals surface area contributed by atoms with Gasteiger partial charge in [0.1, 0.15) is 10.8 Å². The number of benzene rings is 1. The van der Waals surface area contributed by atoms with E-state index in [9.17, 15) is 13.2 Å². The maximum absolute atomic E-state index is 14.0. The van der Waals surface area contributed by atoms with Crippen LogP contribution >= 0.6 is 11.3 Å². The summed E-state index contributed by atoms with van der Waals surface area (Å²) in [6, 6.07) is 6.55. The number of hydrogen-bond acceptors (Lipinski definition) is 8. The van der Waals surface area contributed by atoms with E-state index in [2.05, 4.69) is 20.0 Å². The first-order valence-corrected chi connectivity index (χ1v) is 11.7. The van der Waals surface area contributed by atoms with Gasteiger partial charge in [0, 0.05) is 43.5 Å². The van der Waals surface area contributed by atoms with Crippen molar-refractivity contribution in [2.75, 3.05) is 52.3 Å². The first-order valence-electron chi connectivity index (χ1n) is 10.9. The largest absolute Gasteiger partial charge is 0.493 e. The lowest BCUT2D eigenvalue weighted by molar-refractivity contribution is -0.137. The Kier molecular flexibility index (Phi) is 6.01. The molecule has 0 unspecified atom stereocenters. The molecule has 0 amide bonds. The van der Waals surface area contributed by atoms with Crippen molar-refractivity contribution >= 4 is 22.1 Å². The maximum atomic E-state index is 14.0. The third-order valence-electron chi connectivity index (χ3n) is 5.99. The highest BCUT2D eigenvalue weighted by Crippen LogP contribution is 2.39. The quantitative estimate of drug-likeness (QED) is 0.401. The van der Waals surface area contributed by atoms with E-state index in [0.29, 0.717) is 58.9 Å². The predicted octanol–water partition coefficient (Wildman–Crippen LogP) is 4.31. The van der Waals surface area contributed by atoms with E-state index < -0.39 is 11.7 Å². The van der Waals surface area contributed by atoms with E-state index in [-0.39, 0.29) is 5.82 Å². The van der Waals surface area contributed by atoms with Crippen LogP contribution in [-0.4, -0.2) is 71.9 Å². The van der Waals surface area contributed by atoms with E-state index in [0.717, 1.165) is 11.6 Å². The number of pyridine rings is 1. The molecule has 5 rings (SSSR count). The van der Waals surface area contributed by atoms with Gasteiger partial charge in [0.25, 0.3) is 0 Å². The zero-order valence-electron chi connectivity index (χ0n) is 19.3. The van der Waals surface area contributed by atoms with E-state index in [1.54, 1.807) is 35.8 Å². The Hall–Kier alpha value is -3.38. The SMILES string of the molecule is COc1ccc(-c2nn3c(-c4cnc(N5CCN(C)CC5)c(C(F)(F)F)c4)cnc3s2)cc1OC. The van der Waals surface area contributed by atoms with Gasteiger partial charge in [0.05, 0.1) is 31.7 Å². The molecule has 8 nitrogen and oxygen atoms in total. The van der Waals surface area contributed by atoms with Crippen LogP contribution in [0.25, 0.3) is 26.8 Å². The summed E-state index contributed by atoms with van der Waals surface area (Å²) in [5.41, 5.74) is 0.756. The molecule has 3 aromatic heterocycles. The zero-order valence-corrected chi connectivity index (χ0v) is 20.2. The topological polar surface area (TPSA) is 68.0 Å². The molecule has 0 atom stereocenters. The smallest absolute Gasteiger partial charge is 0.419 e. The van der Waals surface area contributed by atoms with Crippen molar-refractivity contribution in [3.8, 4) is 33.3 Å². The number of piperazine rings is 1. The minimum absolute atomic E-state index is 0.0422. The van der Waals surface area contributed by atoms with Crippen LogP contribution in [-0.2, 0) is 6.18 Å². The number of aromatic nitrogens is 4. The number of fused-ring (bicyclic) bond motifs is 1. The van der Waals surface area contributed by atoms with Gasteiger partial charge in [-0.3, -0.25) is 0 Å². The predicted molar refractivity (Wildman–Crippen MR) is 127 cm³/mol. The summed E-state index contributed by atoms with van der Waals surface area (Å²) < 4.78 is 54.3. The molecule has 12 heteroatoms. The van der Waals surface area contributed by atoms with E-state index in [4.69, 9.17) is 9.47 Å². The van der Waals surface area contributed by atoms with Crippen molar-refractivity contribution in [1.82, 2.24) is 24.5 Å². The first kappa shape index (κ1) is 23.4. The second-order valence-electron chi connectivity index (χ2n) is 8.20. The van der Waals surface area contributed by atoms with E-state index in [1.807, 2.05) is 13.1 Å². The number of hydrogen-bond donors (Lipinski definition) is 0. The molecular formula is C23H23F3N6O2S. The molecule has 0 saturated carbocycles. The Labute approximate surface area is 203 Å². The zero-order chi connectivity index (χ0) is 24.7. The molecule has 4 heterocycles. The van der Waals surface area contributed by atoms with Crippen LogP contribution in [0.5, 0.6) is 11.5 Å². The van der Waals surface area contributed by atoms with Crippen molar-refractivity contribution in [1.29, 1.82) is 0 Å². The van der Waals surface area contributed by atoms with Gasteiger partial charge in [0.2, 0.25) is 4.96 Å². The third-order valence-corrected chi connectivity index (χ3v) is 6.96. The van der Waals surface area contributed by atoms with Crippen LogP contribution in [0.15, 0.2) is 36.7 Å². The van der Waals surface area contributed by atoms with Gasteiger partial charge in [0.15, 0.2) is 11.5 Å². The molecule has 1 aliphatic rings. The Morgan fingerprint density at radius 3 is 2.34 bits per heavy atom. The highest BCUT2D eigenvalue weighted by molar-refractivity contribution is 7.19. The fraction of sp³-hybridized carbons (Fsp3) is 0.348. The van der Waals surface area contributed by atoms with E-state index in [1.165, 1.54) is 23.7 Å². The minimum atomic E-state index is -4.54. The average Bonchev–Trinajstić information content (AvgIpc) is 3.44. The first-order chi connectivity index (χ1) is 16.8. The van der Waals surface area contributed by atoms with Crippen LogP contribution in [0.2, 0.25) is 0 Å². The molecule has 35 heavy (non-hydrogen) atoms. The summed E-state index contributed by atoms with van der Waals surface area (Å²) in [7, 11) is 5.05. The highest BCUT2D eigenvalue weighted by Gasteiger charge is 2.37. The Bertz CT molecular complexity index is 1360. The number of methoxy groups -OCH3 is 2. The molecule has 0 radical (unpaired) electrons. The number of imidazole rings is 1. The van der Waals surface area contributed by atoms with Crippen LogP contribution in [0, 0.1) is 0 Å². The number of rotatable bonds is 5. The molecular weight excluding hydrogens is 481 g/mol. The van der Waals surface area contributed by atoms with Crippen LogP contribution in [0.4, 0.5) is 19.0 Å². The van der Waals surface area contributed by atoms with Crippen molar-refractivity contribution in [2.24, 2.45) is 0 Å². The average molecular weight is 505 g/mol. The van der Waals surface area contributed by atoms with Crippen LogP contribution in [0.3, 0.4) is 0 Å². The molecule has 1 aliphatic heterocycles. The highest BCUT2D eigenvalue weighted by atomic mass is 32.1. The number of halogens is 3. The van der Waals surface area contributed by atoms with Crippen LogP contribution < -0.4 is 14.4 Å².